The standard InChI is InChI=1S/C47H92N2O6/c1-3-5-7-9-11-13-15-17-19-21-23-25-27-29-31-35-41-54-45(50)39-38-44(49-43(46(51)52)37-33-34-40-48)47(53)55-42-36-32-30-28-26-24-22-20-18-16-14-12-10-8-6-4-2/h43-44,49H,3-42,48H2,1-2H3,(H,51,52)/t43-,44?/m0/s1. The normalized spacial score (nSPS) is 12.5. The van der Waals surface area contributed by atoms with Crippen molar-refractivity contribution in [2.24, 2.45) is 5.73 Å². The maximum atomic E-state index is 13.1. The van der Waals surface area contributed by atoms with Crippen LogP contribution in [-0.4, -0.2) is 54.9 Å². The van der Waals surface area contributed by atoms with Crippen molar-refractivity contribution < 1.29 is 29.0 Å². The Morgan fingerprint density at radius 3 is 1.15 bits per heavy atom. The van der Waals surface area contributed by atoms with Crippen LogP contribution in [-0.2, 0) is 23.9 Å². The van der Waals surface area contributed by atoms with E-state index in [1.165, 1.54) is 167 Å². The zero-order valence-corrected chi connectivity index (χ0v) is 36.5. The van der Waals surface area contributed by atoms with Crippen LogP contribution in [0.2, 0.25) is 0 Å². The van der Waals surface area contributed by atoms with Crippen LogP contribution < -0.4 is 11.1 Å². The molecular formula is C47H92N2O6. The predicted octanol–water partition coefficient (Wildman–Crippen LogP) is 12.9. The van der Waals surface area contributed by atoms with Gasteiger partial charge >= 0.3 is 17.9 Å². The molecule has 0 heterocycles. The summed E-state index contributed by atoms with van der Waals surface area (Å²) in [4.78, 5) is 37.6. The van der Waals surface area contributed by atoms with Gasteiger partial charge < -0.3 is 20.3 Å². The number of hydrogen-bond acceptors (Lipinski definition) is 7. The van der Waals surface area contributed by atoms with Crippen LogP contribution in [0.25, 0.3) is 0 Å². The minimum atomic E-state index is -1.02. The molecule has 0 aromatic carbocycles. The van der Waals surface area contributed by atoms with Crippen LogP contribution in [0.5, 0.6) is 0 Å². The average molecular weight is 781 g/mol. The molecule has 0 saturated carbocycles. The molecule has 0 aliphatic rings. The van der Waals surface area contributed by atoms with E-state index in [1.807, 2.05) is 0 Å². The van der Waals surface area contributed by atoms with Crippen molar-refractivity contribution in [3.8, 4) is 0 Å². The number of hydrogen-bond donors (Lipinski definition) is 3. The molecule has 0 aromatic heterocycles. The summed E-state index contributed by atoms with van der Waals surface area (Å²) in [6.07, 6.45) is 43.0. The molecule has 2 atom stereocenters. The number of carbonyl (C=O) groups excluding carboxylic acids is 2. The Labute approximate surface area is 340 Å². The minimum absolute atomic E-state index is 0.0415. The maximum absolute atomic E-state index is 13.1. The molecule has 0 rings (SSSR count). The fourth-order valence-corrected chi connectivity index (χ4v) is 7.38. The minimum Gasteiger partial charge on any atom is -0.480 e. The number of carboxylic acids is 1. The molecule has 0 bridgehead atoms. The second-order valence-electron chi connectivity index (χ2n) is 16.4. The highest BCUT2D eigenvalue weighted by molar-refractivity contribution is 5.79. The van der Waals surface area contributed by atoms with Gasteiger partial charge in [0.05, 0.1) is 13.2 Å². The molecule has 4 N–H and O–H groups in total. The largest absolute Gasteiger partial charge is 0.480 e. The monoisotopic (exact) mass is 781 g/mol. The van der Waals surface area contributed by atoms with Gasteiger partial charge in [0.2, 0.25) is 0 Å². The van der Waals surface area contributed by atoms with Crippen molar-refractivity contribution >= 4 is 17.9 Å². The molecule has 8 heteroatoms. The lowest BCUT2D eigenvalue weighted by molar-refractivity contribution is -0.148. The Morgan fingerprint density at radius 1 is 0.455 bits per heavy atom. The number of aliphatic carboxylic acids is 1. The molecule has 0 saturated heterocycles. The van der Waals surface area contributed by atoms with Crippen LogP contribution in [0, 0.1) is 0 Å². The maximum Gasteiger partial charge on any atom is 0.323 e. The summed E-state index contributed by atoms with van der Waals surface area (Å²) in [6.45, 7) is 5.72. The number of ether oxygens (including phenoxy) is 2. The number of carbonyl (C=O) groups is 3. The molecule has 0 aliphatic heterocycles. The van der Waals surface area contributed by atoms with Crippen molar-refractivity contribution in [3.05, 3.63) is 0 Å². The number of nitrogens with two attached hydrogens (primary N) is 1. The molecule has 0 aromatic rings. The van der Waals surface area contributed by atoms with Gasteiger partial charge in [-0.05, 0) is 38.6 Å². The molecule has 0 spiro atoms. The number of esters is 2. The third-order valence-corrected chi connectivity index (χ3v) is 11.1. The van der Waals surface area contributed by atoms with E-state index in [4.69, 9.17) is 15.2 Å². The van der Waals surface area contributed by atoms with E-state index < -0.39 is 24.0 Å². The second-order valence-corrected chi connectivity index (χ2v) is 16.4. The van der Waals surface area contributed by atoms with E-state index in [2.05, 4.69) is 19.2 Å². The first-order chi connectivity index (χ1) is 27.0. The van der Waals surface area contributed by atoms with Gasteiger partial charge in [-0.1, -0.05) is 213 Å². The van der Waals surface area contributed by atoms with Crippen LogP contribution in [0.4, 0.5) is 0 Å². The summed E-state index contributed by atoms with van der Waals surface area (Å²) in [6, 6.07) is -1.77. The second kappa shape index (κ2) is 43.5. The van der Waals surface area contributed by atoms with Gasteiger partial charge in [-0.25, -0.2) is 0 Å². The first kappa shape index (κ1) is 53.3. The summed E-state index contributed by atoms with van der Waals surface area (Å²) in [5.74, 6) is -1.86. The van der Waals surface area contributed by atoms with E-state index in [9.17, 15) is 19.5 Å². The summed E-state index contributed by atoms with van der Waals surface area (Å²) >= 11 is 0. The van der Waals surface area contributed by atoms with Gasteiger partial charge in [-0.15, -0.1) is 0 Å². The van der Waals surface area contributed by atoms with E-state index in [-0.39, 0.29) is 18.8 Å². The Kier molecular flexibility index (Phi) is 42.1. The van der Waals surface area contributed by atoms with Gasteiger partial charge in [0.15, 0.2) is 0 Å². The molecule has 0 fully saturated rings. The molecule has 8 nitrogen and oxygen atoms in total. The van der Waals surface area contributed by atoms with Crippen LogP contribution in [0.15, 0.2) is 0 Å². The summed E-state index contributed by atoms with van der Waals surface area (Å²) in [7, 11) is 0. The van der Waals surface area contributed by atoms with Crippen molar-refractivity contribution in [1.82, 2.24) is 5.32 Å². The molecule has 0 aliphatic carbocycles. The van der Waals surface area contributed by atoms with Crippen LogP contribution in [0.1, 0.15) is 251 Å². The van der Waals surface area contributed by atoms with Gasteiger partial charge in [-0.2, -0.15) is 0 Å². The predicted molar refractivity (Wildman–Crippen MR) is 231 cm³/mol. The molecule has 1 unspecified atom stereocenters. The quantitative estimate of drug-likeness (QED) is 0.0412. The Morgan fingerprint density at radius 2 is 0.800 bits per heavy atom. The smallest absolute Gasteiger partial charge is 0.323 e. The summed E-state index contributed by atoms with van der Waals surface area (Å²) < 4.78 is 11.1. The number of nitrogens with one attached hydrogen (secondary N) is 1. The SMILES string of the molecule is CCCCCCCCCCCCCCCCCCOC(=O)CCC(N[C@@H](CCCCN)C(=O)O)C(=O)OCCCCCCCCCCCCCCCCCC. The molecule has 0 amide bonds. The van der Waals surface area contributed by atoms with Crippen molar-refractivity contribution in [2.75, 3.05) is 19.8 Å². The highest BCUT2D eigenvalue weighted by Gasteiger charge is 2.28. The lowest BCUT2D eigenvalue weighted by Gasteiger charge is -2.22. The fraction of sp³-hybridized carbons (Fsp3) is 0.936. The van der Waals surface area contributed by atoms with Gasteiger partial charge in [0.25, 0.3) is 0 Å². The van der Waals surface area contributed by atoms with Crippen molar-refractivity contribution in [1.29, 1.82) is 0 Å². The lowest BCUT2D eigenvalue weighted by Crippen LogP contribution is -2.48. The molecule has 55 heavy (non-hydrogen) atoms. The topological polar surface area (TPSA) is 128 Å². The molecular weight excluding hydrogens is 689 g/mol. The van der Waals surface area contributed by atoms with Crippen molar-refractivity contribution in [3.63, 3.8) is 0 Å². The molecule has 0 radical (unpaired) electrons. The van der Waals surface area contributed by atoms with Crippen LogP contribution in [0.3, 0.4) is 0 Å². The van der Waals surface area contributed by atoms with E-state index in [1.54, 1.807) is 0 Å². The zero-order chi connectivity index (χ0) is 40.3. The first-order valence-corrected chi connectivity index (χ1v) is 24.0. The highest BCUT2D eigenvalue weighted by Crippen LogP contribution is 2.16. The highest BCUT2D eigenvalue weighted by atomic mass is 16.5. The lowest BCUT2D eigenvalue weighted by atomic mass is 10.0. The third-order valence-electron chi connectivity index (χ3n) is 11.1. The Bertz CT molecular complexity index is 840. The summed E-state index contributed by atoms with van der Waals surface area (Å²) in [5.41, 5.74) is 5.60. The first-order valence-electron chi connectivity index (χ1n) is 24.0. The Balaban J connectivity index is 4.17. The Hall–Kier alpha value is -1.67. The number of carboxylic acid groups (broad SMARTS) is 1. The van der Waals surface area contributed by atoms with Gasteiger partial charge in [-0.3, -0.25) is 19.7 Å². The average Bonchev–Trinajstić information content (AvgIpc) is 3.18. The van der Waals surface area contributed by atoms with Gasteiger partial charge in [0, 0.05) is 6.42 Å². The third kappa shape index (κ3) is 39.0. The van der Waals surface area contributed by atoms with E-state index >= 15 is 0 Å². The summed E-state index contributed by atoms with van der Waals surface area (Å²) in [5, 5.41) is 12.8. The molecule has 326 valence electrons. The van der Waals surface area contributed by atoms with Gasteiger partial charge in [0.1, 0.15) is 12.1 Å². The number of rotatable bonds is 45. The number of unbranched alkanes of at least 4 members (excludes halogenated alkanes) is 31. The van der Waals surface area contributed by atoms with Crippen molar-refractivity contribution in [2.45, 2.75) is 264 Å². The van der Waals surface area contributed by atoms with E-state index in [0.717, 1.165) is 38.5 Å². The zero-order valence-electron chi connectivity index (χ0n) is 36.5. The van der Waals surface area contributed by atoms with Crippen LogP contribution >= 0.6 is 0 Å². The fourth-order valence-electron chi connectivity index (χ4n) is 7.38. The van der Waals surface area contributed by atoms with E-state index in [0.29, 0.717) is 39.0 Å².